The average Bonchev–Trinajstić information content (AvgIpc) is 2.15. The highest BCUT2D eigenvalue weighted by atomic mass is 32.2. The summed E-state index contributed by atoms with van der Waals surface area (Å²) in [5.74, 6) is 0. The van der Waals surface area contributed by atoms with Gasteiger partial charge in [0.05, 0.1) is 0 Å². The topological polar surface area (TPSA) is 52.0 Å². The lowest BCUT2D eigenvalue weighted by molar-refractivity contribution is -0.0328. The highest BCUT2D eigenvalue weighted by molar-refractivity contribution is 8.00. The first-order chi connectivity index (χ1) is 6.92. The van der Waals surface area contributed by atoms with Crippen molar-refractivity contribution in [2.24, 2.45) is 11.5 Å². The van der Waals surface area contributed by atoms with Crippen molar-refractivity contribution in [3.63, 3.8) is 0 Å². The van der Waals surface area contributed by atoms with Gasteiger partial charge >= 0.3 is 5.51 Å². The zero-order valence-corrected chi connectivity index (χ0v) is 8.61. The van der Waals surface area contributed by atoms with E-state index in [9.17, 15) is 13.2 Å². The number of hydrogen-bond donors (Lipinski definition) is 2. The second-order valence-corrected chi connectivity index (χ2v) is 4.10. The number of rotatable bonds is 3. The van der Waals surface area contributed by atoms with Gasteiger partial charge in [0.2, 0.25) is 0 Å². The van der Waals surface area contributed by atoms with Crippen LogP contribution in [0.1, 0.15) is 11.6 Å². The van der Waals surface area contributed by atoms with Crippen LogP contribution in [0.3, 0.4) is 0 Å². The summed E-state index contributed by atoms with van der Waals surface area (Å²) < 4.78 is 36.0. The molecule has 15 heavy (non-hydrogen) atoms. The largest absolute Gasteiger partial charge is 0.446 e. The molecule has 1 rings (SSSR count). The van der Waals surface area contributed by atoms with Gasteiger partial charge in [-0.25, -0.2) is 0 Å². The Morgan fingerprint density at radius 3 is 2.13 bits per heavy atom. The van der Waals surface area contributed by atoms with Gasteiger partial charge in [-0.3, -0.25) is 0 Å². The molecule has 0 saturated heterocycles. The molecule has 0 aliphatic rings. The number of halogens is 3. The van der Waals surface area contributed by atoms with Crippen molar-refractivity contribution in [2.45, 2.75) is 16.4 Å². The Morgan fingerprint density at radius 1 is 1.20 bits per heavy atom. The monoisotopic (exact) mass is 236 g/mol. The van der Waals surface area contributed by atoms with E-state index in [0.717, 1.165) is 5.56 Å². The third-order valence-corrected chi connectivity index (χ3v) is 2.54. The van der Waals surface area contributed by atoms with E-state index < -0.39 is 5.51 Å². The third-order valence-electron chi connectivity index (χ3n) is 1.80. The van der Waals surface area contributed by atoms with Crippen LogP contribution in [0.15, 0.2) is 29.2 Å². The molecule has 0 spiro atoms. The minimum Gasteiger partial charge on any atom is -0.329 e. The predicted octanol–water partition coefficient (Wildman–Crippen LogP) is 2.26. The van der Waals surface area contributed by atoms with Crippen LogP contribution in [-0.4, -0.2) is 12.1 Å². The van der Waals surface area contributed by atoms with Crippen molar-refractivity contribution in [2.75, 3.05) is 6.54 Å². The molecular weight excluding hydrogens is 225 g/mol. The summed E-state index contributed by atoms with van der Waals surface area (Å²) in [5.41, 5.74) is 7.44. The minimum atomic E-state index is -4.25. The predicted molar refractivity (Wildman–Crippen MR) is 54.3 cm³/mol. The molecule has 1 atom stereocenters. The quantitative estimate of drug-likeness (QED) is 0.791. The maximum absolute atomic E-state index is 12.0. The number of benzene rings is 1. The van der Waals surface area contributed by atoms with Crippen molar-refractivity contribution < 1.29 is 13.2 Å². The Morgan fingerprint density at radius 2 is 1.73 bits per heavy atom. The molecule has 1 unspecified atom stereocenters. The molecule has 84 valence electrons. The summed E-state index contributed by atoms with van der Waals surface area (Å²) in [5, 5.41) is 0. The standard InChI is InChI=1S/C9H11F3N2S/c10-9(11,12)15-7-3-1-6(2-4-7)8(14)5-13/h1-4,8H,5,13-14H2. The number of alkyl halides is 3. The molecule has 1 aromatic rings. The molecule has 1 aromatic carbocycles. The number of nitrogens with two attached hydrogens (primary N) is 2. The Labute approximate surface area is 89.8 Å². The Balaban J connectivity index is 2.72. The van der Waals surface area contributed by atoms with Gasteiger partial charge in [0.25, 0.3) is 0 Å². The van der Waals surface area contributed by atoms with Gasteiger partial charge in [-0.15, -0.1) is 0 Å². The molecule has 4 N–H and O–H groups in total. The van der Waals surface area contributed by atoms with Crippen LogP contribution < -0.4 is 11.5 Å². The average molecular weight is 236 g/mol. The second kappa shape index (κ2) is 4.87. The summed E-state index contributed by atoms with van der Waals surface area (Å²) in [6.45, 7) is 0.270. The van der Waals surface area contributed by atoms with Crippen molar-refractivity contribution >= 4 is 11.8 Å². The molecule has 0 bridgehead atoms. The molecular formula is C9H11F3N2S. The molecule has 0 aliphatic carbocycles. The first-order valence-electron chi connectivity index (χ1n) is 4.24. The van der Waals surface area contributed by atoms with Gasteiger partial charge in [-0.2, -0.15) is 13.2 Å². The third kappa shape index (κ3) is 4.11. The van der Waals surface area contributed by atoms with E-state index >= 15 is 0 Å². The van der Waals surface area contributed by atoms with E-state index in [1.54, 1.807) is 12.1 Å². The van der Waals surface area contributed by atoms with Gasteiger partial charge in [0.1, 0.15) is 0 Å². The molecule has 0 heterocycles. The molecule has 0 aliphatic heterocycles. The lowest BCUT2D eigenvalue weighted by Gasteiger charge is -2.10. The lowest BCUT2D eigenvalue weighted by atomic mass is 10.1. The Bertz CT molecular complexity index is 310. The highest BCUT2D eigenvalue weighted by Crippen LogP contribution is 2.36. The minimum absolute atomic E-state index is 0.143. The van der Waals surface area contributed by atoms with E-state index in [1.165, 1.54) is 12.1 Å². The number of hydrogen-bond acceptors (Lipinski definition) is 3. The van der Waals surface area contributed by atoms with Gasteiger partial charge in [-0.1, -0.05) is 12.1 Å². The van der Waals surface area contributed by atoms with Crippen molar-refractivity contribution in [3.05, 3.63) is 29.8 Å². The van der Waals surface area contributed by atoms with Crippen LogP contribution in [0.2, 0.25) is 0 Å². The zero-order valence-electron chi connectivity index (χ0n) is 7.79. The summed E-state index contributed by atoms with van der Waals surface area (Å²) in [6.07, 6.45) is 0. The molecule has 0 saturated carbocycles. The Kier molecular flexibility index (Phi) is 4.01. The lowest BCUT2D eigenvalue weighted by Crippen LogP contribution is -2.20. The van der Waals surface area contributed by atoms with Crippen LogP contribution >= 0.6 is 11.8 Å². The molecule has 0 fully saturated rings. The first-order valence-corrected chi connectivity index (χ1v) is 5.05. The van der Waals surface area contributed by atoms with Crippen LogP contribution in [0.5, 0.6) is 0 Å². The van der Waals surface area contributed by atoms with Crippen LogP contribution in [0, 0.1) is 0 Å². The van der Waals surface area contributed by atoms with Crippen LogP contribution in [0.25, 0.3) is 0 Å². The van der Waals surface area contributed by atoms with Gasteiger partial charge in [-0.05, 0) is 29.5 Å². The van der Waals surface area contributed by atoms with Gasteiger partial charge < -0.3 is 11.5 Å². The van der Waals surface area contributed by atoms with Crippen molar-refractivity contribution in [1.82, 2.24) is 0 Å². The van der Waals surface area contributed by atoms with E-state index in [0.29, 0.717) is 0 Å². The van der Waals surface area contributed by atoms with Crippen LogP contribution in [0.4, 0.5) is 13.2 Å². The molecule has 0 aromatic heterocycles. The second-order valence-electron chi connectivity index (χ2n) is 2.96. The van der Waals surface area contributed by atoms with E-state index in [-0.39, 0.29) is 29.2 Å². The molecule has 2 nitrogen and oxygen atoms in total. The van der Waals surface area contributed by atoms with Crippen molar-refractivity contribution in [3.8, 4) is 0 Å². The fraction of sp³-hybridized carbons (Fsp3) is 0.333. The fourth-order valence-electron chi connectivity index (χ4n) is 1.05. The summed E-state index contributed by atoms with van der Waals surface area (Å²) >= 11 is -0.143. The normalized spacial score (nSPS) is 13.9. The summed E-state index contributed by atoms with van der Waals surface area (Å²) in [7, 11) is 0. The van der Waals surface area contributed by atoms with E-state index in [4.69, 9.17) is 11.5 Å². The van der Waals surface area contributed by atoms with Gasteiger partial charge in [0.15, 0.2) is 0 Å². The van der Waals surface area contributed by atoms with E-state index in [2.05, 4.69) is 0 Å². The van der Waals surface area contributed by atoms with Crippen LogP contribution in [-0.2, 0) is 0 Å². The highest BCUT2D eigenvalue weighted by Gasteiger charge is 2.29. The number of thioether (sulfide) groups is 1. The molecule has 6 heteroatoms. The zero-order chi connectivity index (χ0) is 11.5. The fourth-order valence-corrected chi connectivity index (χ4v) is 1.59. The summed E-state index contributed by atoms with van der Waals surface area (Å²) in [4.78, 5) is 0.149. The van der Waals surface area contributed by atoms with Crippen molar-refractivity contribution in [1.29, 1.82) is 0 Å². The summed E-state index contributed by atoms with van der Waals surface area (Å²) in [6, 6.07) is 5.58. The van der Waals surface area contributed by atoms with Gasteiger partial charge in [0, 0.05) is 17.5 Å². The SMILES string of the molecule is NCC(N)c1ccc(SC(F)(F)F)cc1. The van der Waals surface area contributed by atoms with E-state index in [1.807, 2.05) is 0 Å². The molecule has 0 radical (unpaired) electrons. The Hall–Kier alpha value is -0.720. The molecule has 0 amide bonds. The first kappa shape index (κ1) is 12.4. The maximum atomic E-state index is 12.0. The smallest absolute Gasteiger partial charge is 0.329 e. The maximum Gasteiger partial charge on any atom is 0.446 e.